The normalized spacial score (nSPS) is 9.43. The summed E-state index contributed by atoms with van der Waals surface area (Å²) in [5.41, 5.74) is 6.20. The Kier molecular flexibility index (Phi) is 3.63. The van der Waals surface area contributed by atoms with Crippen LogP contribution in [0.1, 0.15) is 11.9 Å². The van der Waals surface area contributed by atoms with E-state index < -0.39 is 5.91 Å². The van der Waals surface area contributed by atoms with Crippen molar-refractivity contribution in [2.45, 2.75) is 0 Å². The van der Waals surface area contributed by atoms with Gasteiger partial charge in [0.25, 0.3) is 5.91 Å². The molecule has 14 heavy (non-hydrogen) atoms. The quantitative estimate of drug-likeness (QED) is 0.561. The van der Waals surface area contributed by atoms with Crippen LogP contribution in [-0.2, 0) is 0 Å². The minimum atomic E-state index is -0.495. The summed E-state index contributed by atoms with van der Waals surface area (Å²) in [5.74, 6) is -0.495. The number of pyridine rings is 1. The molecular weight excluding hydrogens is 187 g/mol. The van der Waals surface area contributed by atoms with Crippen LogP contribution in [0.5, 0.6) is 0 Å². The monoisotopic (exact) mass is 196 g/mol. The van der Waals surface area contributed by atoms with Crippen molar-refractivity contribution in [3.63, 3.8) is 0 Å². The van der Waals surface area contributed by atoms with E-state index in [-0.39, 0.29) is 31.0 Å². The molecule has 3 nitrogen and oxygen atoms in total. The van der Waals surface area contributed by atoms with Crippen LogP contribution < -0.4 is 35.3 Å². The van der Waals surface area contributed by atoms with E-state index in [2.05, 4.69) is 4.98 Å². The first-order chi connectivity index (χ1) is 6.27. The van der Waals surface area contributed by atoms with Crippen molar-refractivity contribution < 1.29 is 35.8 Å². The van der Waals surface area contributed by atoms with Crippen molar-refractivity contribution in [3.8, 4) is 0 Å². The van der Waals surface area contributed by atoms with Gasteiger partial charge in [0.05, 0.1) is 5.52 Å². The zero-order chi connectivity index (χ0) is 9.26. The van der Waals surface area contributed by atoms with Crippen LogP contribution in [0.3, 0.4) is 0 Å². The molecule has 0 unspecified atom stereocenters. The van der Waals surface area contributed by atoms with Crippen LogP contribution in [-0.4, -0.2) is 10.9 Å². The van der Waals surface area contributed by atoms with Gasteiger partial charge in [-0.05, 0) is 12.1 Å². The maximum absolute atomic E-state index is 10.8. The van der Waals surface area contributed by atoms with Crippen molar-refractivity contribution in [2.75, 3.05) is 0 Å². The average molecular weight is 196 g/mol. The summed E-state index contributed by atoms with van der Waals surface area (Å²) in [6, 6.07) is 11.1. The van der Waals surface area contributed by atoms with Crippen LogP contribution in [0.25, 0.3) is 10.9 Å². The maximum atomic E-state index is 10.8. The van der Waals surface area contributed by atoms with Gasteiger partial charge in [0.1, 0.15) is 5.69 Å². The summed E-state index contributed by atoms with van der Waals surface area (Å²) >= 11 is 0. The van der Waals surface area contributed by atoms with E-state index in [1.54, 1.807) is 6.07 Å². The van der Waals surface area contributed by atoms with Gasteiger partial charge in [0.2, 0.25) is 0 Å². The number of benzene rings is 1. The zero-order valence-corrected chi connectivity index (χ0v) is 9.90. The molecule has 0 spiro atoms. The molecule has 0 radical (unpaired) electrons. The van der Waals surface area contributed by atoms with Crippen molar-refractivity contribution in [2.24, 2.45) is 5.73 Å². The van der Waals surface area contributed by atoms with Crippen molar-refractivity contribution in [1.82, 2.24) is 4.98 Å². The number of carbonyl (C=O) groups excluding carboxylic acids is 1. The van der Waals surface area contributed by atoms with Crippen LogP contribution in [0.15, 0.2) is 36.4 Å². The molecule has 0 aliphatic heterocycles. The maximum Gasteiger partial charge on any atom is 1.00 e. The number of para-hydroxylation sites is 1. The first-order valence-electron chi connectivity index (χ1n) is 3.93. The number of rotatable bonds is 1. The number of primary amides is 1. The van der Waals surface area contributed by atoms with Gasteiger partial charge < -0.3 is 7.16 Å². The molecule has 1 aromatic carbocycles. The van der Waals surface area contributed by atoms with Gasteiger partial charge in [0.15, 0.2) is 0 Å². The first kappa shape index (κ1) is 11.2. The number of carbonyl (C=O) groups is 1. The molecular formula is C10H9N2NaO. The van der Waals surface area contributed by atoms with E-state index in [0.29, 0.717) is 5.69 Å². The molecule has 2 rings (SSSR count). The predicted molar refractivity (Wildman–Crippen MR) is 51.4 cm³/mol. The number of aromatic nitrogens is 1. The number of nitrogens with zero attached hydrogens (tertiary/aromatic N) is 1. The minimum absolute atomic E-state index is 0. The summed E-state index contributed by atoms with van der Waals surface area (Å²) < 4.78 is 0. The Morgan fingerprint density at radius 1 is 1.21 bits per heavy atom. The Balaban J connectivity index is 0.000000980. The Hall–Kier alpha value is -0.900. The van der Waals surface area contributed by atoms with Crippen LogP contribution in [0.4, 0.5) is 0 Å². The summed E-state index contributed by atoms with van der Waals surface area (Å²) in [4.78, 5) is 14.9. The molecule has 0 saturated carbocycles. The zero-order valence-electron chi connectivity index (χ0n) is 8.90. The molecule has 1 aromatic heterocycles. The number of nitrogens with two attached hydrogens (primary N) is 1. The SMILES string of the molecule is NC(=O)c1ccc2ccccc2n1.[H-].[Na+]. The average Bonchev–Trinajstić information content (AvgIpc) is 2.17. The molecule has 0 aliphatic rings. The molecule has 1 amide bonds. The Bertz CT molecular complexity index is 476. The third-order valence-corrected chi connectivity index (χ3v) is 1.85. The second-order valence-corrected chi connectivity index (χ2v) is 2.75. The van der Waals surface area contributed by atoms with E-state index in [1.807, 2.05) is 30.3 Å². The van der Waals surface area contributed by atoms with Gasteiger partial charge in [-0.1, -0.05) is 24.3 Å². The van der Waals surface area contributed by atoms with E-state index >= 15 is 0 Å². The molecule has 2 N–H and O–H groups in total. The summed E-state index contributed by atoms with van der Waals surface area (Å²) in [5, 5.41) is 1.01. The molecule has 0 atom stereocenters. The number of amides is 1. The van der Waals surface area contributed by atoms with Gasteiger partial charge in [-0.2, -0.15) is 0 Å². The van der Waals surface area contributed by atoms with Crippen molar-refractivity contribution >= 4 is 16.8 Å². The van der Waals surface area contributed by atoms with Crippen molar-refractivity contribution in [3.05, 3.63) is 42.1 Å². The Morgan fingerprint density at radius 2 is 1.93 bits per heavy atom. The molecule has 4 heteroatoms. The molecule has 1 heterocycles. The van der Waals surface area contributed by atoms with E-state index in [9.17, 15) is 4.79 Å². The number of fused-ring (bicyclic) bond motifs is 1. The number of hydrogen-bond acceptors (Lipinski definition) is 2. The fourth-order valence-electron chi connectivity index (χ4n) is 1.20. The third-order valence-electron chi connectivity index (χ3n) is 1.85. The van der Waals surface area contributed by atoms with E-state index in [1.165, 1.54) is 0 Å². The van der Waals surface area contributed by atoms with Crippen LogP contribution in [0, 0.1) is 0 Å². The predicted octanol–water partition coefficient (Wildman–Crippen LogP) is -1.55. The molecule has 66 valence electrons. The van der Waals surface area contributed by atoms with Crippen LogP contribution >= 0.6 is 0 Å². The molecule has 0 fully saturated rings. The molecule has 0 saturated heterocycles. The standard InChI is InChI=1S/C10H8N2O.Na.H/c11-10(13)9-6-5-7-3-1-2-4-8(7)12-9;;/h1-6H,(H2,11,13);;/q;+1;-1. The van der Waals surface area contributed by atoms with Gasteiger partial charge >= 0.3 is 29.6 Å². The Morgan fingerprint density at radius 3 is 2.64 bits per heavy atom. The fraction of sp³-hybridized carbons (Fsp3) is 0. The van der Waals surface area contributed by atoms with Gasteiger partial charge in [-0.25, -0.2) is 4.98 Å². The minimum Gasteiger partial charge on any atom is -1.00 e. The smallest absolute Gasteiger partial charge is 1.00 e. The van der Waals surface area contributed by atoms with Gasteiger partial charge in [0, 0.05) is 5.39 Å². The summed E-state index contributed by atoms with van der Waals surface area (Å²) in [7, 11) is 0. The molecule has 0 bridgehead atoms. The Labute approximate surface area is 105 Å². The van der Waals surface area contributed by atoms with Crippen LogP contribution in [0.2, 0.25) is 0 Å². The first-order valence-corrected chi connectivity index (χ1v) is 3.93. The van der Waals surface area contributed by atoms with Crippen molar-refractivity contribution in [1.29, 1.82) is 0 Å². The fourth-order valence-corrected chi connectivity index (χ4v) is 1.20. The summed E-state index contributed by atoms with van der Waals surface area (Å²) in [6.45, 7) is 0. The number of hydrogen-bond donors (Lipinski definition) is 1. The topological polar surface area (TPSA) is 56.0 Å². The van der Waals surface area contributed by atoms with E-state index in [4.69, 9.17) is 5.73 Å². The molecule has 2 aromatic rings. The van der Waals surface area contributed by atoms with Gasteiger partial charge in [-0.3, -0.25) is 4.79 Å². The molecule has 0 aliphatic carbocycles. The largest absolute Gasteiger partial charge is 1.00 e. The second kappa shape index (κ2) is 4.55. The summed E-state index contributed by atoms with van der Waals surface area (Å²) in [6.07, 6.45) is 0. The second-order valence-electron chi connectivity index (χ2n) is 2.75. The van der Waals surface area contributed by atoms with Gasteiger partial charge in [-0.15, -0.1) is 0 Å². The van der Waals surface area contributed by atoms with E-state index in [0.717, 1.165) is 10.9 Å². The third kappa shape index (κ3) is 2.12.